The Hall–Kier alpha value is -6.77. The minimum Gasteiger partial charge on any atom is -0.308 e. The highest BCUT2D eigenvalue weighted by atomic mass is 15.1. The van der Waals surface area contributed by atoms with E-state index in [1.165, 1.54) is 59.6 Å². The number of nitriles is 1. The maximum atomic E-state index is 9.83. The molecule has 0 atom stereocenters. The second-order valence-corrected chi connectivity index (χ2v) is 12.5. The average molecular weight is 610 g/mol. The van der Waals surface area contributed by atoms with Crippen molar-refractivity contribution >= 4 is 81.7 Å². The lowest BCUT2D eigenvalue weighted by molar-refractivity contribution is 1.08. The third-order valence-electron chi connectivity index (χ3n) is 10.0. The number of benzene rings is 7. The zero-order valence-corrected chi connectivity index (χ0v) is 25.5. The Balaban J connectivity index is 1.44. The highest BCUT2D eigenvalue weighted by Crippen LogP contribution is 2.48. The maximum Gasteiger partial charge on any atom is 0.165 e. The first-order valence-electron chi connectivity index (χ1n) is 16.1. The molecule has 4 heterocycles. The van der Waals surface area contributed by atoms with E-state index in [0.29, 0.717) is 5.56 Å². The summed E-state index contributed by atoms with van der Waals surface area (Å²) in [6, 6.07) is 50.9. The number of hydrogen-bond donors (Lipinski definition) is 0. The van der Waals surface area contributed by atoms with Crippen LogP contribution in [0.1, 0.15) is 5.56 Å². The van der Waals surface area contributed by atoms with Crippen LogP contribution in [0.25, 0.3) is 98.8 Å². The van der Waals surface area contributed by atoms with Crippen molar-refractivity contribution in [3.63, 3.8) is 0 Å². The third kappa shape index (κ3) is 3.18. The van der Waals surface area contributed by atoms with E-state index in [9.17, 15) is 5.26 Å². The first-order chi connectivity index (χ1) is 23.8. The summed E-state index contributed by atoms with van der Waals surface area (Å²) in [6.45, 7) is 0. The molecule has 11 aromatic rings. The molecule has 5 nitrogen and oxygen atoms in total. The lowest BCUT2D eigenvalue weighted by Gasteiger charge is -2.14. The van der Waals surface area contributed by atoms with Gasteiger partial charge in [0.15, 0.2) is 5.82 Å². The van der Waals surface area contributed by atoms with E-state index in [4.69, 9.17) is 9.97 Å². The van der Waals surface area contributed by atoms with Gasteiger partial charge in [0.25, 0.3) is 0 Å². The summed E-state index contributed by atoms with van der Waals surface area (Å²) < 4.78 is 4.76. The van der Waals surface area contributed by atoms with Crippen LogP contribution in [0.2, 0.25) is 0 Å². The summed E-state index contributed by atoms with van der Waals surface area (Å²) in [5.74, 6) is 0.737. The van der Waals surface area contributed by atoms with E-state index < -0.39 is 0 Å². The molecular formula is C43H23N5. The van der Waals surface area contributed by atoms with Crippen LogP contribution in [-0.2, 0) is 0 Å². The van der Waals surface area contributed by atoms with Crippen LogP contribution >= 0.6 is 0 Å². The van der Waals surface area contributed by atoms with Crippen molar-refractivity contribution in [1.82, 2.24) is 18.9 Å². The minimum atomic E-state index is 0.584. The number of hydrogen-bond acceptors (Lipinski definition) is 3. The van der Waals surface area contributed by atoms with E-state index >= 15 is 0 Å². The Kier molecular flexibility index (Phi) is 4.85. The molecule has 0 aliphatic heterocycles. The molecule has 0 bridgehead atoms. The minimum absolute atomic E-state index is 0.584. The highest BCUT2D eigenvalue weighted by Gasteiger charge is 2.26. The summed E-state index contributed by atoms with van der Waals surface area (Å²) in [4.78, 5) is 10.6. The predicted octanol–water partition coefficient (Wildman–Crippen LogP) is 10.6. The van der Waals surface area contributed by atoms with Gasteiger partial charge in [-0.1, -0.05) is 91.0 Å². The van der Waals surface area contributed by atoms with Crippen LogP contribution in [0.3, 0.4) is 0 Å². The van der Waals surface area contributed by atoms with Gasteiger partial charge in [0.2, 0.25) is 0 Å². The van der Waals surface area contributed by atoms with Gasteiger partial charge in [-0.05, 0) is 59.3 Å². The summed E-state index contributed by atoms with van der Waals surface area (Å²) in [5.41, 5.74) is 9.57. The van der Waals surface area contributed by atoms with Crippen LogP contribution < -0.4 is 0 Å². The lowest BCUT2D eigenvalue weighted by Crippen LogP contribution is -2.04. The standard InChI is InChI=1S/C43H23N5/c44-24-25-10-9-12-27(22-25)41-43(46-33-17-6-5-16-32(33)45-41)48-36-21-20-26-11-1-2-13-28(26)38(36)40-37(48)23-31-29-14-3-7-18-34(29)47-35-19-8-4-15-30(35)39(40)42(31)47/h1-23H. The Labute approximate surface area is 273 Å². The van der Waals surface area contributed by atoms with Gasteiger partial charge in [0, 0.05) is 37.9 Å². The predicted molar refractivity (Wildman–Crippen MR) is 196 cm³/mol. The fraction of sp³-hybridized carbons (Fsp3) is 0. The fourth-order valence-corrected chi connectivity index (χ4v) is 8.08. The van der Waals surface area contributed by atoms with Gasteiger partial charge >= 0.3 is 0 Å². The largest absolute Gasteiger partial charge is 0.308 e. The Morgan fingerprint density at radius 1 is 0.500 bits per heavy atom. The van der Waals surface area contributed by atoms with E-state index in [2.05, 4.69) is 106 Å². The smallest absolute Gasteiger partial charge is 0.165 e. The average Bonchev–Trinajstić information content (AvgIpc) is 3.79. The molecule has 220 valence electrons. The number of rotatable bonds is 2. The van der Waals surface area contributed by atoms with Gasteiger partial charge in [0.1, 0.15) is 5.69 Å². The van der Waals surface area contributed by atoms with Crippen molar-refractivity contribution in [2.24, 2.45) is 0 Å². The third-order valence-corrected chi connectivity index (χ3v) is 10.0. The summed E-state index contributed by atoms with van der Waals surface area (Å²) in [5, 5.41) is 19.5. The molecule has 0 saturated heterocycles. The Morgan fingerprint density at radius 3 is 2.04 bits per heavy atom. The monoisotopic (exact) mass is 609 g/mol. The number of aromatic nitrogens is 4. The van der Waals surface area contributed by atoms with E-state index in [1.807, 2.05) is 48.5 Å². The number of nitrogens with zero attached hydrogens (tertiary/aromatic N) is 5. The zero-order valence-electron chi connectivity index (χ0n) is 25.5. The van der Waals surface area contributed by atoms with Crippen molar-refractivity contribution < 1.29 is 0 Å². The number of para-hydroxylation sites is 4. The summed E-state index contributed by atoms with van der Waals surface area (Å²) in [6.07, 6.45) is 0. The maximum absolute atomic E-state index is 9.83. The zero-order chi connectivity index (χ0) is 31.5. The topological polar surface area (TPSA) is 58.9 Å². The van der Waals surface area contributed by atoms with Crippen LogP contribution in [0.4, 0.5) is 0 Å². The van der Waals surface area contributed by atoms with Crippen molar-refractivity contribution in [3.05, 3.63) is 145 Å². The van der Waals surface area contributed by atoms with E-state index in [0.717, 1.165) is 39.1 Å². The molecule has 0 aliphatic rings. The molecule has 0 aliphatic carbocycles. The molecule has 0 amide bonds. The second-order valence-electron chi connectivity index (χ2n) is 12.5. The molecule has 0 spiro atoms. The van der Waals surface area contributed by atoms with Crippen molar-refractivity contribution in [1.29, 1.82) is 5.26 Å². The van der Waals surface area contributed by atoms with Gasteiger partial charge in [-0.2, -0.15) is 5.26 Å². The van der Waals surface area contributed by atoms with Gasteiger partial charge in [-0.3, -0.25) is 4.57 Å². The Bertz CT molecular complexity index is 3190. The molecule has 11 rings (SSSR count). The molecule has 4 aromatic heterocycles. The molecule has 7 aromatic carbocycles. The van der Waals surface area contributed by atoms with Crippen molar-refractivity contribution in [2.45, 2.75) is 0 Å². The fourth-order valence-electron chi connectivity index (χ4n) is 8.08. The molecule has 0 N–H and O–H groups in total. The molecule has 48 heavy (non-hydrogen) atoms. The quantitative estimate of drug-likeness (QED) is 0.196. The Morgan fingerprint density at radius 2 is 1.21 bits per heavy atom. The first-order valence-corrected chi connectivity index (χ1v) is 16.1. The van der Waals surface area contributed by atoms with Crippen molar-refractivity contribution in [3.8, 4) is 23.1 Å². The lowest BCUT2D eigenvalue weighted by atomic mass is 9.99. The molecule has 0 unspecified atom stereocenters. The highest BCUT2D eigenvalue weighted by molar-refractivity contribution is 6.38. The molecule has 0 radical (unpaired) electrons. The SMILES string of the molecule is N#Cc1cccc(-c2nc3ccccc3nc2-n2c3ccc4ccccc4c3c3c4c5ccccc5n5c6ccccc6c(cc32)c45)c1. The molecule has 0 fully saturated rings. The van der Waals surface area contributed by atoms with E-state index in [-0.39, 0.29) is 0 Å². The van der Waals surface area contributed by atoms with Gasteiger partial charge in [-0.15, -0.1) is 0 Å². The molecular weight excluding hydrogens is 587 g/mol. The summed E-state index contributed by atoms with van der Waals surface area (Å²) >= 11 is 0. The molecule has 0 saturated carbocycles. The van der Waals surface area contributed by atoms with Gasteiger partial charge < -0.3 is 4.40 Å². The molecule has 5 heteroatoms. The van der Waals surface area contributed by atoms with Crippen LogP contribution in [-0.4, -0.2) is 18.9 Å². The van der Waals surface area contributed by atoms with Crippen molar-refractivity contribution in [2.75, 3.05) is 0 Å². The summed E-state index contributed by atoms with van der Waals surface area (Å²) in [7, 11) is 0. The van der Waals surface area contributed by atoms with Gasteiger partial charge in [-0.25, -0.2) is 9.97 Å². The first kappa shape index (κ1) is 25.4. The number of fused-ring (bicyclic) bond motifs is 13. The van der Waals surface area contributed by atoms with Crippen LogP contribution in [0.5, 0.6) is 0 Å². The van der Waals surface area contributed by atoms with Crippen LogP contribution in [0, 0.1) is 11.3 Å². The van der Waals surface area contributed by atoms with E-state index in [1.54, 1.807) is 0 Å². The van der Waals surface area contributed by atoms with Gasteiger partial charge in [0.05, 0.1) is 50.2 Å². The second kappa shape index (κ2) is 9.16. The normalized spacial score (nSPS) is 12.1. The van der Waals surface area contributed by atoms with Crippen LogP contribution in [0.15, 0.2) is 140 Å².